The second kappa shape index (κ2) is 8.70. The van der Waals surface area contributed by atoms with E-state index < -0.39 is 5.91 Å². The van der Waals surface area contributed by atoms with Crippen LogP contribution in [0.25, 0.3) is 0 Å². The number of anilines is 1. The zero-order valence-corrected chi connectivity index (χ0v) is 18.8. The number of nitrogens with zero attached hydrogens (tertiary/aromatic N) is 7. The summed E-state index contributed by atoms with van der Waals surface area (Å²) in [4.78, 5) is 16.6. The molecule has 0 unspecified atom stereocenters. The van der Waals surface area contributed by atoms with Crippen LogP contribution >= 0.6 is 34.8 Å². The Kier molecular flexibility index (Phi) is 5.99. The third-order valence-corrected chi connectivity index (χ3v) is 5.82. The van der Waals surface area contributed by atoms with E-state index in [2.05, 4.69) is 25.6 Å². The first-order valence-electron chi connectivity index (χ1n) is 9.18. The van der Waals surface area contributed by atoms with Crippen molar-refractivity contribution in [1.29, 1.82) is 0 Å². The van der Waals surface area contributed by atoms with Crippen molar-refractivity contribution < 1.29 is 4.79 Å². The second-order valence-electron chi connectivity index (χ2n) is 6.83. The molecule has 0 aliphatic heterocycles. The molecule has 0 bridgehead atoms. The highest BCUT2D eigenvalue weighted by molar-refractivity contribution is 6.42. The maximum Gasteiger partial charge on any atom is 0.278 e. The highest BCUT2D eigenvalue weighted by Crippen LogP contribution is 2.23. The monoisotopic (exact) mass is 478 g/mol. The average Bonchev–Trinajstić information content (AvgIpc) is 3.43. The first-order chi connectivity index (χ1) is 14.8. The number of carbonyl (C=O) groups excluding carboxylic acids is 1. The minimum atomic E-state index is -0.419. The van der Waals surface area contributed by atoms with E-state index >= 15 is 0 Å². The molecular formula is C19H17Cl3N8O. The smallest absolute Gasteiger partial charge is 0.278 e. The molecule has 0 saturated heterocycles. The van der Waals surface area contributed by atoms with E-state index in [1.165, 1.54) is 6.33 Å². The molecule has 0 aliphatic carbocycles. The number of halogens is 3. The molecule has 0 fully saturated rings. The third kappa shape index (κ3) is 4.73. The molecular weight excluding hydrogens is 463 g/mol. The average molecular weight is 480 g/mol. The van der Waals surface area contributed by atoms with Crippen LogP contribution < -0.4 is 5.32 Å². The lowest BCUT2D eigenvalue weighted by atomic mass is 10.2. The number of carbonyl (C=O) groups is 1. The standard InChI is InChI=1S/C19H17Cl3N8O/c1-11-17(22)12(2)30(25-11)10-28-6-5-16(26-28)18(31)24-19-23-9-29(27-19)8-13-3-4-14(20)15(21)7-13/h3-7,9H,8,10H2,1-2H3,(H,24,27,31). The van der Waals surface area contributed by atoms with E-state index in [0.717, 1.165) is 17.0 Å². The van der Waals surface area contributed by atoms with Crippen molar-refractivity contribution in [3.8, 4) is 0 Å². The van der Waals surface area contributed by atoms with Gasteiger partial charge < -0.3 is 0 Å². The van der Waals surface area contributed by atoms with Crippen molar-refractivity contribution in [3.05, 3.63) is 74.5 Å². The van der Waals surface area contributed by atoms with Crippen LogP contribution in [-0.4, -0.2) is 40.2 Å². The molecule has 31 heavy (non-hydrogen) atoms. The minimum Gasteiger partial charge on any atom is -0.288 e. The van der Waals surface area contributed by atoms with Gasteiger partial charge in [-0.1, -0.05) is 40.9 Å². The zero-order chi connectivity index (χ0) is 22.1. The maximum absolute atomic E-state index is 12.5. The molecule has 0 saturated carbocycles. The number of rotatable bonds is 6. The van der Waals surface area contributed by atoms with Gasteiger partial charge >= 0.3 is 0 Å². The molecule has 1 aromatic carbocycles. The van der Waals surface area contributed by atoms with Crippen molar-refractivity contribution >= 4 is 46.7 Å². The Morgan fingerprint density at radius 1 is 1.03 bits per heavy atom. The summed E-state index contributed by atoms with van der Waals surface area (Å²) in [6, 6.07) is 6.92. The normalized spacial score (nSPS) is 11.1. The van der Waals surface area contributed by atoms with Gasteiger partial charge in [-0.25, -0.2) is 14.3 Å². The largest absolute Gasteiger partial charge is 0.288 e. The number of hydrogen-bond donors (Lipinski definition) is 1. The van der Waals surface area contributed by atoms with Gasteiger partial charge in [0, 0.05) is 6.20 Å². The number of benzene rings is 1. The fourth-order valence-corrected chi connectivity index (χ4v) is 3.39. The fourth-order valence-electron chi connectivity index (χ4n) is 2.93. The summed E-state index contributed by atoms with van der Waals surface area (Å²) >= 11 is 18.1. The summed E-state index contributed by atoms with van der Waals surface area (Å²) in [5.74, 6) is -0.248. The van der Waals surface area contributed by atoms with Crippen LogP contribution in [0.3, 0.4) is 0 Å². The van der Waals surface area contributed by atoms with Gasteiger partial charge in [-0.2, -0.15) is 10.2 Å². The van der Waals surface area contributed by atoms with Gasteiger partial charge in [0.15, 0.2) is 5.69 Å². The van der Waals surface area contributed by atoms with Crippen molar-refractivity contribution in [3.63, 3.8) is 0 Å². The predicted molar refractivity (Wildman–Crippen MR) is 118 cm³/mol. The Morgan fingerprint density at radius 2 is 1.84 bits per heavy atom. The summed E-state index contributed by atoms with van der Waals surface area (Å²) in [6.07, 6.45) is 3.21. The lowest BCUT2D eigenvalue weighted by molar-refractivity contribution is 0.102. The number of aryl methyl sites for hydroxylation is 1. The predicted octanol–water partition coefficient (Wildman–Crippen LogP) is 4.05. The molecule has 0 aliphatic rings. The van der Waals surface area contributed by atoms with Crippen LogP contribution in [0, 0.1) is 13.8 Å². The summed E-state index contributed by atoms with van der Waals surface area (Å²) in [5.41, 5.74) is 2.71. The quantitative estimate of drug-likeness (QED) is 0.450. The third-order valence-electron chi connectivity index (χ3n) is 4.54. The maximum atomic E-state index is 12.5. The van der Waals surface area contributed by atoms with E-state index in [-0.39, 0.29) is 11.6 Å². The topological polar surface area (TPSA) is 95.5 Å². The van der Waals surface area contributed by atoms with Crippen LogP contribution in [0.4, 0.5) is 5.95 Å². The molecule has 1 N–H and O–H groups in total. The van der Waals surface area contributed by atoms with E-state index in [1.807, 2.05) is 19.9 Å². The molecule has 12 heteroatoms. The second-order valence-corrected chi connectivity index (χ2v) is 8.03. The minimum absolute atomic E-state index is 0.171. The van der Waals surface area contributed by atoms with Crippen LogP contribution in [0.5, 0.6) is 0 Å². The van der Waals surface area contributed by atoms with E-state index in [9.17, 15) is 4.79 Å². The lowest BCUT2D eigenvalue weighted by Crippen LogP contribution is -2.16. The Balaban J connectivity index is 1.40. The Bertz CT molecular complexity index is 1260. The number of aromatic nitrogens is 7. The SMILES string of the molecule is Cc1nn(Cn2ccc(C(=O)Nc3ncn(Cc4ccc(Cl)c(Cl)c4)n3)n2)c(C)c1Cl. The summed E-state index contributed by atoms with van der Waals surface area (Å²) in [6.45, 7) is 4.48. The number of nitrogens with one attached hydrogen (secondary N) is 1. The summed E-state index contributed by atoms with van der Waals surface area (Å²) < 4.78 is 4.90. The van der Waals surface area contributed by atoms with Gasteiger partial charge in [0.05, 0.1) is 33.0 Å². The molecule has 0 spiro atoms. The fraction of sp³-hybridized carbons (Fsp3) is 0.211. The molecule has 3 aromatic heterocycles. The van der Waals surface area contributed by atoms with Crippen LogP contribution in [0.1, 0.15) is 27.4 Å². The molecule has 0 atom stereocenters. The molecule has 160 valence electrons. The van der Waals surface area contributed by atoms with Gasteiger partial charge in [0.2, 0.25) is 5.95 Å². The van der Waals surface area contributed by atoms with Crippen molar-refractivity contribution in [1.82, 2.24) is 34.3 Å². The van der Waals surface area contributed by atoms with Crippen LogP contribution in [0.2, 0.25) is 15.1 Å². The van der Waals surface area contributed by atoms with E-state index in [4.69, 9.17) is 34.8 Å². The van der Waals surface area contributed by atoms with Gasteiger partial charge in [-0.05, 0) is 37.6 Å². The number of amides is 1. The molecule has 4 rings (SSSR count). The van der Waals surface area contributed by atoms with Gasteiger partial charge in [0.25, 0.3) is 5.91 Å². The first-order valence-corrected chi connectivity index (χ1v) is 10.3. The Hall–Kier alpha value is -2.88. The molecule has 0 radical (unpaired) electrons. The summed E-state index contributed by atoms with van der Waals surface area (Å²) in [5, 5.41) is 17.1. The molecule has 9 nitrogen and oxygen atoms in total. The zero-order valence-electron chi connectivity index (χ0n) is 16.6. The molecule has 1 amide bonds. The summed E-state index contributed by atoms with van der Waals surface area (Å²) in [7, 11) is 0. The van der Waals surface area contributed by atoms with Gasteiger partial charge in [0.1, 0.15) is 13.0 Å². The van der Waals surface area contributed by atoms with Crippen molar-refractivity contribution in [2.75, 3.05) is 5.32 Å². The Morgan fingerprint density at radius 3 is 2.55 bits per heavy atom. The molecule has 4 aromatic rings. The number of hydrogen-bond acceptors (Lipinski definition) is 5. The van der Waals surface area contributed by atoms with E-state index in [1.54, 1.807) is 38.4 Å². The lowest BCUT2D eigenvalue weighted by Gasteiger charge is -2.04. The van der Waals surface area contributed by atoms with Crippen LogP contribution in [0.15, 0.2) is 36.8 Å². The molecule has 3 heterocycles. The van der Waals surface area contributed by atoms with Crippen molar-refractivity contribution in [2.24, 2.45) is 0 Å². The first kappa shape index (κ1) is 21.4. The highest BCUT2D eigenvalue weighted by Gasteiger charge is 2.14. The van der Waals surface area contributed by atoms with Gasteiger partial charge in [-0.15, -0.1) is 5.10 Å². The van der Waals surface area contributed by atoms with Gasteiger partial charge in [-0.3, -0.25) is 14.8 Å². The Labute approximate surface area is 192 Å². The highest BCUT2D eigenvalue weighted by atomic mass is 35.5. The van der Waals surface area contributed by atoms with Crippen molar-refractivity contribution in [2.45, 2.75) is 27.1 Å². The van der Waals surface area contributed by atoms with Crippen LogP contribution in [-0.2, 0) is 13.2 Å². The van der Waals surface area contributed by atoms with E-state index in [0.29, 0.717) is 28.3 Å².